The van der Waals surface area contributed by atoms with Crippen molar-refractivity contribution in [3.63, 3.8) is 0 Å². The molecule has 3 heterocycles. The number of carbonyl (C=O) groups excluding carboxylic acids is 2. The predicted octanol–water partition coefficient (Wildman–Crippen LogP) is 3.11. The lowest BCUT2D eigenvalue weighted by Crippen LogP contribution is -2.42. The Bertz CT molecular complexity index is 1050. The van der Waals surface area contributed by atoms with Crippen molar-refractivity contribution in [1.82, 2.24) is 25.1 Å². The van der Waals surface area contributed by atoms with Gasteiger partial charge >= 0.3 is 5.97 Å². The zero-order chi connectivity index (χ0) is 21.1. The van der Waals surface area contributed by atoms with E-state index < -0.39 is 0 Å². The fourth-order valence-corrected chi connectivity index (χ4v) is 4.53. The second-order valence-corrected chi connectivity index (χ2v) is 8.56. The maximum atomic E-state index is 13.4. The zero-order valence-corrected chi connectivity index (χ0v) is 17.8. The number of likely N-dealkylation sites (tertiary alicyclic amines) is 1. The molecule has 8 nitrogen and oxygen atoms in total. The number of hydrogen-bond donors (Lipinski definition) is 0. The minimum atomic E-state index is -0.273. The monoisotopic (exact) mass is 425 g/mol. The van der Waals surface area contributed by atoms with Crippen LogP contribution in [0.25, 0.3) is 16.1 Å². The summed E-state index contributed by atoms with van der Waals surface area (Å²) < 4.78 is 6.70. The maximum absolute atomic E-state index is 13.4. The zero-order valence-electron chi connectivity index (χ0n) is 16.9. The van der Waals surface area contributed by atoms with Gasteiger partial charge in [-0.25, -0.2) is 4.68 Å². The Kier molecular flexibility index (Phi) is 5.89. The first-order valence-corrected chi connectivity index (χ1v) is 10.8. The lowest BCUT2D eigenvalue weighted by molar-refractivity contribution is -0.149. The fourth-order valence-electron chi connectivity index (χ4n) is 3.68. The van der Waals surface area contributed by atoms with Gasteiger partial charge in [-0.1, -0.05) is 0 Å². The highest BCUT2D eigenvalue weighted by Gasteiger charge is 2.30. The van der Waals surface area contributed by atoms with Crippen molar-refractivity contribution in [1.29, 1.82) is 0 Å². The van der Waals surface area contributed by atoms with Crippen molar-refractivity contribution in [2.45, 2.75) is 26.7 Å². The number of nitrogens with zero attached hydrogens (tertiary/aromatic N) is 5. The molecule has 30 heavy (non-hydrogen) atoms. The number of rotatable bonds is 5. The molecular formula is C21H23N5O3S. The molecule has 1 aromatic carbocycles. The summed E-state index contributed by atoms with van der Waals surface area (Å²) in [5.41, 5.74) is 2.20. The number of piperidine rings is 1. The minimum Gasteiger partial charge on any atom is -0.466 e. The summed E-state index contributed by atoms with van der Waals surface area (Å²) in [5.74, 6) is -0.606. The summed E-state index contributed by atoms with van der Waals surface area (Å²) in [6.45, 7) is 5.19. The minimum absolute atomic E-state index is 0.103. The highest BCUT2D eigenvalue weighted by molar-refractivity contribution is 7.15. The van der Waals surface area contributed by atoms with Gasteiger partial charge in [-0.3, -0.25) is 9.59 Å². The lowest BCUT2D eigenvalue weighted by Gasteiger charge is -2.31. The van der Waals surface area contributed by atoms with Gasteiger partial charge in [0.2, 0.25) is 0 Å². The van der Waals surface area contributed by atoms with Gasteiger partial charge in [-0.05, 0) is 73.0 Å². The molecule has 2 aromatic heterocycles. The molecule has 3 aromatic rings. The number of benzene rings is 1. The standard InChI is InChI=1S/C21H23N5O3S/c1-3-29-21(28)15-5-4-8-25(12-15)20(27)17-9-16(19-7-6-14(2)30-19)10-18(11-17)26-13-22-23-24-26/h6-7,9-11,13,15H,3-5,8,12H2,1-2H3. The molecule has 9 heteroatoms. The van der Waals surface area contributed by atoms with Crippen molar-refractivity contribution >= 4 is 23.2 Å². The average molecular weight is 426 g/mol. The van der Waals surface area contributed by atoms with Crippen LogP contribution in [0.4, 0.5) is 0 Å². The summed E-state index contributed by atoms with van der Waals surface area (Å²) in [6.07, 6.45) is 3.02. The van der Waals surface area contributed by atoms with Crippen LogP contribution >= 0.6 is 11.3 Å². The Labute approximate surface area is 178 Å². The first kappa shape index (κ1) is 20.2. The van der Waals surface area contributed by atoms with E-state index in [0.717, 1.165) is 23.3 Å². The quantitative estimate of drug-likeness (QED) is 0.584. The molecule has 1 aliphatic rings. The van der Waals surface area contributed by atoms with Crippen molar-refractivity contribution in [2.24, 2.45) is 5.92 Å². The van der Waals surface area contributed by atoms with Crippen LogP contribution in [0.3, 0.4) is 0 Å². The number of thiophene rings is 1. The Hall–Kier alpha value is -3.07. The summed E-state index contributed by atoms with van der Waals surface area (Å²) >= 11 is 1.67. The molecule has 0 bridgehead atoms. The third kappa shape index (κ3) is 4.25. The maximum Gasteiger partial charge on any atom is 0.310 e. The Morgan fingerprint density at radius 3 is 2.83 bits per heavy atom. The molecule has 1 amide bonds. The van der Waals surface area contributed by atoms with E-state index >= 15 is 0 Å². The number of aromatic nitrogens is 4. The number of esters is 1. The smallest absolute Gasteiger partial charge is 0.310 e. The van der Waals surface area contributed by atoms with Crippen LogP contribution in [-0.2, 0) is 9.53 Å². The van der Waals surface area contributed by atoms with E-state index in [-0.39, 0.29) is 17.8 Å². The molecule has 0 spiro atoms. The van der Waals surface area contributed by atoms with Crippen molar-refractivity contribution < 1.29 is 14.3 Å². The highest BCUT2D eigenvalue weighted by atomic mass is 32.1. The molecule has 4 rings (SSSR count). The van der Waals surface area contributed by atoms with Crippen LogP contribution in [0.5, 0.6) is 0 Å². The van der Waals surface area contributed by atoms with Crippen LogP contribution < -0.4 is 0 Å². The molecule has 1 atom stereocenters. The summed E-state index contributed by atoms with van der Waals surface area (Å²) in [4.78, 5) is 29.5. The number of tetrazole rings is 1. The Morgan fingerprint density at radius 1 is 1.27 bits per heavy atom. The molecule has 1 unspecified atom stereocenters. The van der Waals surface area contributed by atoms with Crippen LogP contribution in [0.2, 0.25) is 0 Å². The molecule has 1 aliphatic heterocycles. The third-order valence-electron chi connectivity index (χ3n) is 5.13. The van der Waals surface area contributed by atoms with Crippen LogP contribution in [0.1, 0.15) is 35.0 Å². The molecule has 0 N–H and O–H groups in total. The van der Waals surface area contributed by atoms with Gasteiger partial charge in [-0.15, -0.1) is 16.4 Å². The third-order valence-corrected chi connectivity index (χ3v) is 6.18. The predicted molar refractivity (Wildman–Crippen MR) is 112 cm³/mol. The second kappa shape index (κ2) is 8.74. The largest absolute Gasteiger partial charge is 0.466 e. The van der Waals surface area contributed by atoms with Crippen LogP contribution in [-0.4, -0.2) is 56.7 Å². The Balaban J connectivity index is 1.66. The Morgan fingerprint density at radius 2 is 2.13 bits per heavy atom. The van der Waals surface area contributed by atoms with Gasteiger partial charge in [0.15, 0.2) is 0 Å². The van der Waals surface area contributed by atoms with Crippen LogP contribution in [0, 0.1) is 12.8 Å². The first-order valence-electron chi connectivity index (χ1n) is 9.96. The fraction of sp³-hybridized carbons (Fsp3) is 0.381. The van der Waals surface area contributed by atoms with Gasteiger partial charge in [0.25, 0.3) is 5.91 Å². The van der Waals surface area contributed by atoms with E-state index in [1.807, 2.05) is 18.2 Å². The van der Waals surface area contributed by atoms with E-state index in [1.165, 1.54) is 11.2 Å². The second-order valence-electron chi connectivity index (χ2n) is 7.28. The number of hydrogen-bond acceptors (Lipinski definition) is 7. The van der Waals surface area contributed by atoms with E-state index in [4.69, 9.17) is 4.74 Å². The van der Waals surface area contributed by atoms with E-state index in [2.05, 4.69) is 28.5 Å². The van der Waals surface area contributed by atoms with Crippen molar-refractivity contribution in [2.75, 3.05) is 19.7 Å². The van der Waals surface area contributed by atoms with Gasteiger partial charge in [-0.2, -0.15) is 0 Å². The normalized spacial score (nSPS) is 16.5. The number of ether oxygens (including phenoxy) is 1. The van der Waals surface area contributed by atoms with Gasteiger partial charge in [0.05, 0.1) is 18.2 Å². The lowest BCUT2D eigenvalue weighted by atomic mass is 9.97. The van der Waals surface area contributed by atoms with E-state index in [0.29, 0.717) is 30.9 Å². The molecular weight excluding hydrogens is 402 g/mol. The van der Waals surface area contributed by atoms with Crippen molar-refractivity contribution in [3.8, 4) is 16.1 Å². The molecule has 156 valence electrons. The summed E-state index contributed by atoms with van der Waals surface area (Å²) in [6, 6.07) is 9.76. The number of amides is 1. The average Bonchev–Trinajstić information content (AvgIpc) is 3.45. The molecule has 0 saturated carbocycles. The van der Waals surface area contributed by atoms with E-state index in [9.17, 15) is 9.59 Å². The van der Waals surface area contributed by atoms with Crippen LogP contribution in [0.15, 0.2) is 36.7 Å². The van der Waals surface area contributed by atoms with Gasteiger partial charge in [0.1, 0.15) is 6.33 Å². The summed E-state index contributed by atoms with van der Waals surface area (Å²) in [7, 11) is 0. The number of aryl methyl sites for hydroxylation is 1. The number of carbonyl (C=O) groups is 2. The topological polar surface area (TPSA) is 90.2 Å². The highest BCUT2D eigenvalue weighted by Crippen LogP contribution is 2.31. The van der Waals surface area contributed by atoms with Crippen molar-refractivity contribution in [3.05, 3.63) is 47.1 Å². The molecule has 1 saturated heterocycles. The SMILES string of the molecule is CCOC(=O)C1CCCN(C(=O)c2cc(-c3ccc(C)s3)cc(-n3cnnn3)c2)C1. The van der Waals surface area contributed by atoms with Gasteiger partial charge < -0.3 is 9.64 Å². The molecule has 1 fully saturated rings. The first-order chi connectivity index (χ1) is 14.5. The van der Waals surface area contributed by atoms with Gasteiger partial charge in [0, 0.05) is 28.4 Å². The molecule has 0 radical (unpaired) electrons. The molecule has 0 aliphatic carbocycles. The summed E-state index contributed by atoms with van der Waals surface area (Å²) in [5, 5.41) is 11.4. The van der Waals surface area contributed by atoms with E-state index in [1.54, 1.807) is 33.9 Å².